The standard InChI is InChI=1S/C16H20N2O6/c1-21-15-3-2-12(10-14(15)18(19)20)11-24-17-13-4-6-16(7-5-13)22-8-9-23-16/h2-3,10H,4-9,11H2,1H3. The number of benzene rings is 1. The van der Waals surface area contributed by atoms with Gasteiger partial charge in [0.05, 0.1) is 31.0 Å². The molecule has 1 spiro atoms. The molecule has 8 heteroatoms. The molecule has 1 heterocycles. The van der Waals surface area contributed by atoms with Crippen LogP contribution >= 0.6 is 0 Å². The second kappa shape index (κ2) is 7.14. The van der Waals surface area contributed by atoms with Crippen LogP contribution in [0.5, 0.6) is 5.75 Å². The van der Waals surface area contributed by atoms with E-state index in [9.17, 15) is 10.1 Å². The fourth-order valence-electron chi connectivity index (χ4n) is 2.96. The average Bonchev–Trinajstić information content (AvgIpc) is 3.05. The zero-order chi connectivity index (χ0) is 17.0. The highest BCUT2D eigenvalue weighted by Gasteiger charge is 2.39. The lowest BCUT2D eigenvalue weighted by atomic mass is 9.92. The summed E-state index contributed by atoms with van der Waals surface area (Å²) in [5.41, 5.74) is 1.55. The molecule has 1 saturated carbocycles. The van der Waals surface area contributed by atoms with Crippen molar-refractivity contribution in [3.8, 4) is 5.75 Å². The minimum atomic E-state index is -0.476. The summed E-state index contributed by atoms with van der Waals surface area (Å²) in [6.45, 7) is 1.48. The van der Waals surface area contributed by atoms with E-state index in [0.717, 1.165) is 31.4 Å². The van der Waals surface area contributed by atoms with Crippen LogP contribution < -0.4 is 4.74 Å². The van der Waals surface area contributed by atoms with E-state index < -0.39 is 10.7 Å². The molecule has 2 aliphatic rings. The molecule has 1 aromatic rings. The van der Waals surface area contributed by atoms with E-state index in [-0.39, 0.29) is 18.0 Å². The zero-order valence-corrected chi connectivity index (χ0v) is 13.5. The highest BCUT2D eigenvalue weighted by Crippen LogP contribution is 2.34. The molecule has 0 unspecified atom stereocenters. The van der Waals surface area contributed by atoms with Gasteiger partial charge in [0.1, 0.15) is 6.61 Å². The molecule has 0 bridgehead atoms. The van der Waals surface area contributed by atoms with Crippen LogP contribution in [0.25, 0.3) is 0 Å². The molecular formula is C16H20N2O6. The number of nitro benzene ring substituents is 1. The maximum atomic E-state index is 11.0. The molecule has 1 aliphatic heterocycles. The number of rotatable bonds is 5. The number of methoxy groups -OCH3 is 1. The molecule has 1 saturated heterocycles. The van der Waals surface area contributed by atoms with E-state index in [1.165, 1.54) is 13.2 Å². The Hall–Kier alpha value is -2.19. The number of nitrogens with zero attached hydrogens (tertiary/aromatic N) is 2. The van der Waals surface area contributed by atoms with Crippen LogP contribution in [-0.4, -0.2) is 36.7 Å². The van der Waals surface area contributed by atoms with Crippen molar-refractivity contribution in [2.24, 2.45) is 5.16 Å². The lowest BCUT2D eigenvalue weighted by Gasteiger charge is -2.31. The minimum Gasteiger partial charge on any atom is -0.490 e. The van der Waals surface area contributed by atoms with E-state index in [1.54, 1.807) is 12.1 Å². The van der Waals surface area contributed by atoms with E-state index in [1.807, 2.05) is 0 Å². The zero-order valence-electron chi connectivity index (χ0n) is 13.5. The SMILES string of the molecule is COc1ccc(CON=C2CCC3(CC2)OCCO3)cc1[N+](=O)[O-]. The monoisotopic (exact) mass is 336 g/mol. The highest BCUT2D eigenvalue weighted by atomic mass is 16.7. The summed E-state index contributed by atoms with van der Waals surface area (Å²) < 4.78 is 16.3. The topological polar surface area (TPSA) is 92.4 Å². The van der Waals surface area contributed by atoms with Gasteiger partial charge in [0.25, 0.3) is 0 Å². The van der Waals surface area contributed by atoms with Crippen molar-refractivity contribution in [1.82, 2.24) is 0 Å². The summed E-state index contributed by atoms with van der Waals surface area (Å²) in [6.07, 6.45) is 3.10. The molecule has 24 heavy (non-hydrogen) atoms. The lowest BCUT2D eigenvalue weighted by molar-refractivity contribution is -0.385. The Bertz CT molecular complexity index is 627. The van der Waals surface area contributed by atoms with Gasteiger partial charge in [0.2, 0.25) is 0 Å². The van der Waals surface area contributed by atoms with Crippen molar-refractivity contribution in [2.75, 3.05) is 20.3 Å². The van der Waals surface area contributed by atoms with Crippen molar-refractivity contribution in [3.63, 3.8) is 0 Å². The third-order valence-electron chi connectivity index (χ3n) is 4.27. The molecule has 0 atom stereocenters. The van der Waals surface area contributed by atoms with Gasteiger partial charge < -0.3 is 19.0 Å². The molecule has 8 nitrogen and oxygen atoms in total. The van der Waals surface area contributed by atoms with Crippen LogP contribution in [0, 0.1) is 10.1 Å². The predicted octanol–water partition coefficient (Wildman–Crippen LogP) is 2.79. The fraction of sp³-hybridized carbons (Fsp3) is 0.562. The van der Waals surface area contributed by atoms with Crippen molar-refractivity contribution in [3.05, 3.63) is 33.9 Å². The van der Waals surface area contributed by atoms with Gasteiger partial charge in [-0.3, -0.25) is 10.1 Å². The van der Waals surface area contributed by atoms with Crippen LogP contribution in [0.2, 0.25) is 0 Å². The van der Waals surface area contributed by atoms with Crippen molar-refractivity contribution >= 4 is 11.4 Å². The quantitative estimate of drug-likeness (QED) is 0.606. The van der Waals surface area contributed by atoms with Crippen LogP contribution in [0.4, 0.5) is 5.69 Å². The van der Waals surface area contributed by atoms with E-state index in [2.05, 4.69) is 5.16 Å². The van der Waals surface area contributed by atoms with Gasteiger partial charge in [0.15, 0.2) is 11.5 Å². The number of ether oxygens (including phenoxy) is 3. The number of oxime groups is 1. The number of nitro groups is 1. The second-order valence-corrected chi connectivity index (χ2v) is 5.80. The molecule has 0 amide bonds. The molecule has 1 aromatic carbocycles. The molecule has 2 fully saturated rings. The first-order valence-corrected chi connectivity index (χ1v) is 7.89. The van der Waals surface area contributed by atoms with Gasteiger partial charge in [-0.2, -0.15) is 0 Å². The first kappa shape index (κ1) is 16.7. The normalized spacial score (nSPS) is 19.3. The predicted molar refractivity (Wildman–Crippen MR) is 85.0 cm³/mol. The van der Waals surface area contributed by atoms with Crippen LogP contribution in [0.1, 0.15) is 31.2 Å². The first-order valence-electron chi connectivity index (χ1n) is 7.89. The maximum absolute atomic E-state index is 11.0. The Kier molecular flexibility index (Phi) is 4.96. The summed E-state index contributed by atoms with van der Waals surface area (Å²) >= 11 is 0. The van der Waals surface area contributed by atoms with Gasteiger partial charge in [-0.15, -0.1) is 0 Å². The highest BCUT2D eigenvalue weighted by molar-refractivity contribution is 5.84. The summed E-state index contributed by atoms with van der Waals surface area (Å²) in [4.78, 5) is 15.9. The van der Waals surface area contributed by atoms with Crippen LogP contribution in [0.15, 0.2) is 23.4 Å². The smallest absolute Gasteiger partial charge is 0.311 e. The summed E-state index contributed by atoms with van der Waals surface area (Å²) in [5, 5.41) is 15.2. The average molecular weight is 336 g/mol. The van der Waals surface area contributed by atoms with Gasteiger partial charge in [0, 0.05) is 18.9 Å². The van der Waals surface area contributed by atoms with Gasteiger partial charge >= 0.3 is 5.69 Å². The molecule has 0 radical (unpaired) electrons. The molecule has 0 aromatic heterocycles. The van der Waals surface area contributed by atoms with Crippen LogP contribution in [-0.2, 0) is 20.9 Å². The Morgan fingerprint density at radius 1 is 1.29 bits per heavy atom. The van der Waals surface area contributed by atoms with Gasteiger partial charge in [-0.05, 0) is 24.5 Å². The Labute approximate surface area is 139 Å². The van der Waals surface area contributed by atoms with Crippen LogP contribution in [0.3, 0.4) is 0 Å². The molecular weight excluding hydrogens is 316 g/mol. The Morgan fingerprint density at radius 2 is 2.00 bits per heavy atom. The van der Waals surface area contributed by atoms with E-state index in [0.29, 0.717) is 18.8 Å². The number of hydrogen-bond donors (Lipinski definition) is 0. The number of hydrogen-bond acceptors (Lipinski definition) is 7. The van der Waals surface area contributed by atoms with Crippen molar-refractivity contribution in [1.29, 1.82) is 0 Å². The molecule has 1 aliphatic carbocycles. The maximum Gasteiger partial charge on any atom is 0.311 e. The third-order valence-corrected chi connectivity index (χ3v) is 4.27. The lowest BCUT2D eigenvalue weighted by Crippen LogP contribution is -2.35. The summed E-state index contributed by atoms with van der Waals surface area (Å²) in [7, 11) is 1.40. The Balaban J connectivity index is 1.55. The molecule has 0 N–H and O–H groups in total. The van der Waals surface area contributed by atoms with E-state index >= 15 is 0 Å². The third kappa shape index (κ3) is 3.65. The minimum absolute atomic E-state index is 0.0820. The molecule has 130 valence electrons. The Morgan fingerprint density at radius 3 is 2.62 bits per heavy atom. The van der Waals surface area contributed by atoms with E-state index in [4.69, 9.17) is 19.0 Å². The van der Waals surface area contributed by atoms with Gasteiger partial charge in [-0.25, -0.2) is 0 Å². The van der Waals surface area contributed by atoms with Crippen molar-refractivity contribution < 1.29 is 24.0 Å². The first-order chi connectivity index (χ1) is 11.6. The van der Waals surface area contributed by atoms with Gasteiger partial charge in [-0.1, -0.05) is 11.2 Å². The van der Waals surface area contributed by atoms with Crippen molar-refractivity contribution in [2.45, 2.75) is 38.1 Å². The largest absolute Gasteiger partial charge is 0.490 e. The molecule has 3 rings (SSSR count). The summed E-state index contributed by atoms with van der Waals surface area (Å²) in [5.74, 6) is -0.195. The fourth-order valence-corrected chi connectivity index (χ4v) is 2.96. The second-order valence-electron chi connectivity index (χ2n) is 5.80. The summed E-state index contributed by atoms with van der Waals surface area (Å²) in [6, 6.07) is 4.72.